The first-order valence-corrected chi connectivity index (χ1v) is 8.68. The second kappa shape index (κ2) is 6.22. The highest BCUT2D eigenvalue weighted by molar-refractivity contribution is 9.10. The Bertz CT molecular complexity index is 619. The van der Waals surface area contributed by atoms with Crippen molar-refractivity contribution in [1.82, 2.24) is 4.98 Å². The maximum Gasteiger partial charge on any atom is 0.226 e. The molecule has 0 saturated heterocycles. The number of anilines is 1. The Labute approximate surface area is 130 Å². The summed E-state index contributed by atoms with van der Waals surface area (Å²) >= 11 is 5.02. The number of para-hydroxylation sites is 1. The highest BCUT2D eigenvalue weighted by atomic mass is 79.9. The van der Waals surface area contributed by atoms with E-state index in [4.69, 9.17) is 0 Å². The number of halogens is 1. The minimum absolute atomic E-state index is 0.104. The van der Waals surface area contributed by atoms with Crippen molar-refractivity contribution in [1.29, 1.82) is 0 Å². The molecule has 1 N–H and O–H groups in total. The summed E-state index contributed by atoms with van der Waals surface area (Å²) in [4.78, 5) is 16.6. The van der Waals surface area contributed by atoms with Crippen LogP contribution in [0.2, 0.25) is 0 Å². The molecule has 0 bridgehead atoms. The monoisotopic (exact) mass is 352 g/mol. The molecule has 0 radical (unpaired) electrons. The number of hydrogen-bond acceptors (Lipinski definition) is 3. The van der Waals surface area contributed by atoms with Crippen LogP contribution in [-0.2, 0) is 4.79 Å². The van der Waals surface area contributed by atoms with Crippen LogP contribution in [-0.4, -0.2) is 10.9 Å². The fourth-order valence-electron chi connectivity index (χ4n) is 2.79. The first kappa shape index (κ1) is 14.0. The van der Waals surface area contributed by atoms with Gasteiger partial charge in [0.15, 0.2) is 5.13 Å². The molecule has 3 rings (SSSR count). The van der Waals surface area contributed by atoms with Crippen LogP contribution in [0.1, 0.15) is 38.5 Å². The maximum atomic E-state index is 12.1. The zero-order valence-electron chi connectivity index (χ0n) is 11.2. The lowest BCUT2D eigenvalue weighted by Crippen LogP contribution is -2.18. The van der Waals surface area contributed by atoms with Crippen molar-refractivity contribution < 1.29 is 4.79 Å². The number of aromatic nitrogens is 1. The van der Waals surface area contributed by atoms with Gasteiger partial charge in [-0.25, -0.2) is 4.98 Å². The molecule has 1 aromatic carbocycles. The van der Waals surface area contributed by atoms with Crippen LogP contribution in [0.15, 0.2) is 22.7 Å². The van der Waals surface area contributed by atoms with Gasteiger partial charge in [0.25, 0.3) is 0 Å². The average Bonchev–Trinajstić information content (AvgIpc) is 2.83. The Kier molecular flexibility index (Phi) is 4.36. The van der Waals surface area contributed by atoms with Gasteiger partial charge >= 0.3 is 0 Å². The fourth-order valence-corrected chi connectivity index (χ4v) is 4.29. The molecule has 20 heavy (non-hydrogen) atoms. The third-order valence-electron chi connectivity index (χ3n) is 3.81. The summed E-state index contributed by atoms with van der Waals surface area (Å²) < 4.78 is 2.06. The molecule has 3 nitrogen and oxygen atoms in total. The molecular weight excluding hydrogens is 336 g/mol. The molecule has 1 fully saturated rings. The average molecular weight is 353 g/mol. The van der Waals surface area contributed by atoms with Gasteiger partial charge in [-0.05, 0) is 46.8 Å². The van der Waals surface area contributed by atoms with E-state index in [1.54, 1.807) is 0 Å². The third kappa shape index (κ3) is 3.20. The zero-order valence-corrected chi connectivity index (χ0v) is 13.6. The molecule has 1 amide bonds. The van der Waals surface area contributed by atoms with Gasteiger partial charge in [-0.3, -0.25) is 4.79 Å². The lowest BCUT2D eigenvalue weighted by molar-refractivity contribution is -0.117. The topological polar surface area (TPSA) is 42.0 Å². The molecule has 1 saturated carbocycles. The number of nitrogens with zero attached hydrogens (tertiary/aromatic N) is 1. The third-order valence-corrected chi connectivity index (χ3v) is 5.39. The molecule has 0 aliphatic heterocycles. The Balaban J connectivity index is 1.66. The lowest BCUT2D eigenvalue weighted by Gasteiger charge is -2.20. The van der Waals surface area contributed by atoms with E-state index in [0.29, 0.717) is 17.5 Å². The highest BCUT2D eigenvalue weighted by Crippen LogP contribution is 2.31. The highest BCUT2D eigenvalue weighted by Gasteiger charge is 2.18. The molecule has 2 aromatic rings. The van der Waals surface area contributed by atoms with Crippen molar-refractivity contribution in [2.24, 2.45) is 5.92 Å². The molecule has 1 aromatic heterocycles. The second-order valence-corrected chi connectivity index (χ2v) is 7.25. The van der Waals surface area contributed by atoms with E-state index in [-0.39, 0.29) is 5.91 Å². The van der Waals surface area contributed by atoms with Gasteiger partial charge < -0.3 is 5.32 Å². The SMILES string of the molecule is O=C(CC1CCCCC1)Nc1nc2c(Br)cccc2s1. The molecular formula is C15H17BrN2OS. The number of benzene rings is 1. The minimum atomic E-state index is 0.104. The van der Waals surface area contributed by atoms with Gasteiger partial charge in [-0.1, -0.05) is 36.7 Å². The lowest BCUT2D eigenvalue weighted by atomic mass is 9.87. The van der Waals surface area contributed by atoms with Crippen LogP contribution in [0.5, 0.6) is 0 Å². The minimum Gasteiger partial charge on any atom is -0.302 e. The van der Waals surface area contributed by atoms with Gasteiger partial charge in [0.2, 0.25) is 5.91 Å². The molecule has 0 atom stereocenters. The summed E-state index contributed by atoms with van der Waals surface area (Å²) in [7, 11) is 0. The van der Waals surface area contributed by atoms with Crippen molar-refractivity contribution in [3.05, 3.63) is 22.7 Å². The predicted octanol–water partition coefficient (Wildman–Crippen LogP) is 4.97. The molecule has 0 unspecified atom stereocenters. The van der Waals surface area contributed by atoms with E-state index in [1.165, 1.54) is 43.4 Å². The number of amides is 1. The number of thiazole rings is 1. The summed E-state index contributed by atoms with van der Waals surface area (Å²) in [5.74, 6) is 0.664. The van der Waals surface area contributed by atoms with Crippen molar-refractivity contribution >= 4 is 48.5 Å². The van der Waals surface area contributed by atoms with E-state index in [2.05, 4.69) is 26.2 Å². The number of carbonyl (C=O) groups is 1. The van der Waals surface area contributed by atoms with Crippen molar-refractivity contribution in [2.45, 2.75) is 38.5 Å². The van der Waals surface area contributed by atoms with Gasteiger partial charge in [0, 0.05) is 10.9 Å². The van der Waals surface area contributed by atoms with E-state index in [1.807, 2.05) is 18.2 Å². The maximum absolute atomic E-state index is 12.1. The number of hydrogen-bond donors (Lipinski definition) is 1. The fraction of sp³-hybridized carbons (Fsp3) is 0.467. The van der Waals surface area contributed by atoms with Crippen molar-refractivity contribution in [3.8, 4) is 0 Å². The Morgan fingerprint density at radius 2 is 2.15 bits per heavy atom. The van der Waals surface area contributed by atoms with Crippen LogP contribution >= 0.6 is 27.3 Å². The first-order valence-electron chi connectivity index (χ1n) is 7.07. The van der Waals surface area contributed by atoms with Crippen molar-refractivity contribution in [2.75, 3.05) is 5.32 Å². The van der Waals surface area contributed by atoms with Crippen LogP contribution in [0.4, 0.5) is 5.13 Å². The van der Waals surface area contributed by atoms with Crippen molar-refractivity contribution in [3.63, 3.8) is 0 Å². The summed E-state index contributed by atoms with van der Waals surface area (Å²) in [6.07, 6.45) is 6.89. The Morgan fingerprint density at radius 1 is 1.35 bits per heavy atom. The number of rotatable bonds is 3. The van der Waals surface area contributed by atoms with Crippen LogP contribution in [0.25, 0.3) is 10.2 Å². The smallest absolute Gasteiger partial charge is 0.226 e. The van der Waals surface area contributed by atoms with Gasteiger partial charge in [0.05, 0.1) is 10.2 Å². The Hall–Kier alpha value is -0.940. The van der Waals surface area contributed by atoms with Gasteiger partial charge in [-0.15, -0.1) is 0 Å². The zero-order chi connectivity index (χ0) is 13.9. The molecule has 1 heterocycles. The van der Waals surface area contributed by atoms with Crippen LogP contribution in [0.3, 0.4) is 0 Å². The largest absolute Gasteiger partial charge is 0.302 e. The standard InChI is InChI=1S/C15H17BrN2OS/c16-11-7-4-8-12-14(11)18-15(20-12)17-13(19)9-10-5-2-1-3-6-10/h4,7-8,10H,1-3,5-6,9H2,(H,17,18,19). The summed E-state index contributed by atoms with van der Waals surface area (Å²) in [5, 5.41) is 3.66. The number of fused-ring (bicyclic) bond motifs is 1. The number of nitrogens with one attached hydrogen (secondary N) is 1. The number of carbonyl (C=O) groups excluding carboxylic acids is 1. The molecule has 0 spiro atoms. The molecule has 5 heteroatoms. The van der Waals surface area contributed by atoms with Gasteiger partial charge in [-0.2, -0.15) is 0 Å². The molecule has 106 valence electrons. The summed E-state index contributed by atoms with van der Waals surface area (Å²) in [5.41, 5.74) is 0.922. The second-order valence-electron chi connectivity index (χ2n) is 5.36. The van der Waals surface area contributed by atoms with E-state index >= 15 is 0 Å². The first-order chi connectivity index (χ1) is 9.72. The van der Waals surface area contributed by atoms with E-state index in [0.717, 1.165) is 14.7 Å². The van der Waals surface area contributed by atoms with Crippen LogP contribution in [0, 0.1) is 5.92 Å². The van der Waals surface area contributed by atoms with E-state index < -0.39 is 0 Å². The quantitative estimate of drug-likeness (QED) is 0.847. The molecule has 1 aliphatic rings. The Morgan fingerprint density at radius 3 is 2.90 bits per heavy atom. The predicted molar refractivity (Wildman–Crippen MR) is 87.1 cm³/mol. The van der Waals surface area contributed by atoms with E-state index in [9.17, 15) is 4.79 Å². The molecule has 1 aliphatic carbocycles. The summed E-state index contributed by atoms with van der Waals surface area (Å²) in [6, 6.07) is 5.97. The van der Waals surface area contributed by atoms with Crippen LogP contribution < -0.4 is 5.32 Å². The van der Waals surface area contributed by atoms with Gasteiger partial charge in [0.1, 0.15) is 0 Å². The normalized spacial score (nSPS) is 16.4. The summed E-state index contributed by atoms with van der Waals surface area (Å²) in [6.45, 7) is 0.